The minimum Gasteiger partial charge on any atom is -0.369 e. The highest BCUT2D eigenvalue weighted by atomic mass is 35.5. The van der Waals surface area contributed by atoms with Crippen LogP contribution < -0.4 is 4.90 Å². The number of nitrogens with zero attached hydrogens (tertiary/aromatic N) is 3. The van der Waals surface area contributed by atoms with E-state index in [0.29, 0.717) is 10.9 Å². The van der Waals surface area contributed by atoms with Crippen LogP contribution in [0.1, 0.15) is 0 Å². The number of piperazine rings is 1. The Morgan fingerprint density at radius 3 is 2.37 bits per heavy atom. The van der Waals surface area contributed by atoms with Crippen LogP contribution in [0.2, 0.25) is 0 Å². The molecule has 4 rings (SSSR count). The lowest BCUT2D eigenvalue weighted by Gasteiger charge is -2.34. The first kappa shape index (κ1) is 19.6. The van der Waals surface area contributed by atoms with Crippen molar-refractivity contribution in [2.24, 2.45) is 0 Å². The molecule has 1 fully saturated rings. The lowest BCUT2D eigenvalue weighted by molar-refractivity contribution is 0.313. The summed E-state index contributed by atoms with van der Waals surface area (Å²) in [5.74, 6) is -0.476. The number of H-pyrrole nitrogens is 1. The number of halogens is 2. The second-order valence-corrected chi connectivity index (χ2v) is 8.39. The summed E-state index contributed by atoms with van der Waals surface area (Å²) in [6.45, 7) is 3.70. The molecule has 0 radical (unpaired) electrons. The lowest BCUT2D eigenvalue weighted by Crippen LogP contribution is -2.44. The SMILES string of the molecule is CN1CCN(c2ccc3n[nH]c(S(=O)(=O)c4ccc(F)cc4)c3c2)CC1.Cl. The van der Waals surface area contributed by atoms with Crippen LogP contribution in [-0.2, 0) is 9.84 Å². The largest absolute Gasteiger partial charge is 0.369 e. The number of aromatic nitrogens is 2. The Balaban J connectivity index is 0.00000210. The molecule has 2 heterocycles. The molecule has 0 atom stereocenters. The molecule has 1 aliphatic rings. The highest BCUT2D eigenvalue weighted by molar-refractivity contribution is 7.91. The van der Waals surface area contributed by atoms with E-state index in [0.717, 1.165) is 44.0 Å². The van der Waals surface area contributed by atoms with Gasteiger partial charge in [-0.2, -0.15) is 5.10 Å². The molecule has 1 aromatic heterocycles. The Bertz CT molecular complexity index is 1040. The minimum atomic E-state index is -3.81. The Morgan fingerprint density at radius 2 is 1.70 bits per heavy atom. The molecule has 1 N–H and O–H groups in total. The zero-order valence-corrected chi connectivity index (χ0v) is 16.4. The van der Waals surface area contributed by atoms with Crippen LogP contribution >= 0.6 is 12.4 Å². The molecule has 0 saturated carbocycles. The molecule has 3 aromatic rings. The Kier molecular flexibility index (Phi) is 5.41. The number of likely N-dealkylation sites (N-methyl/N-ethyl adjacent to an activating group) is 1. The standard InChI is InChI=1S/C18H19FN4O2S.ClH/c1-22-8-10-23(11-9-22)14-4-7-17-16(12-14)18(21-20-17)26(24,25)15-5-2-13(19)3-6-15;/h2-7,12H,8-11H2,1H3,(H,20,21);1H. The van der Waals surface area contributed by atoms with Crippen molar-refractivity contribution in [3.63, 3.8) is 0 Å². The number of nitrogens with one attached hydrogen (secondary N) is 1. The summed E-state index contributed by atoms with van der Waals surface area (Å²) in [5, 5.41) is 7.35. The summed E-state index contributed by atoms with van der Waals surface area (Å²) >= 11 is 0. The van der Waals surface area contributed by atoms with E-state index in [4.69, 9.17) is 0 Å². The Hall–Kier alpha value is -2.16. The first-order valence-corrected chi connectivity index (χ1v) is 9.86. The molecular weight excluding hydrogens is 391 g/mol. The maximum absolute atomic E-state index is 13.1. The monoisotopic (exact) mass is 410 g/mol. The van der Waals surface area contributed by atoms with Gasteiger partial charge in [-0.1, -0.05) is 0 Å². The third-order valence-corrected chi connectivity index (χ3v) is 6.51. The van der Waals surface area contributed by atoms with E-state index in [-0.39, 0.29) is 22.3 Å². The van der Waals surface area contributed by atoms with Gasteiger partial charge in [-0.3, -0.25) is 5.10 Å². The number of hydrogen-bond donors (Lipinski definition) is 1. The molecule has 0 spiro atoms. The molecule has 1 aliphatic heterocycles. The zero-order valence-electron chi connectivity index (χ0n) is 14.7. The number of sulfone groups is 1. The van der Waals surface area contributed by atoms with E-state index in [1.807, 2.05) is 18.2 Å². The van der Waals surface area contributed by atoms with Crippen LogP contribution in [0.15, 0.2) is 52.4 Å². The lowest BCUT2D eigenvalue weighted by atomic mass is 10.2. The maximum Gasteiger partial charge on any atom is 0.223 e. The highest BCUT2D eigenvalue weighted by Crippen LogP contribution is 2.29. The number of hydrogen-bond acceptors (Lipinski definition) is 5. The number of rotatable bonds is 3. The summed E-state index contributed by atoms with van der Waals surface area (Å²) < 4.78 is 39.0. The van der Waals surface area contributed by atoms with Gasteiger partial charge < -0.3 is 9.80 Å². The second kappa shape index (κ2) is 7.46. The molecule has 144 valence electrons. The summed E-state index contributed by atoms with van der Waals surface area (Å²) in [6, 6.07) is 10.5. The van der Waals surface area contributed by atoms with Gasteiger partial charge in [0.25, 0.3) is 0 Å². The minimum absolute atomic E-state index is 0. The topological polar surface area (TPSA) is 69.3 Å². The fraction of sp³-hybridized carbons (Fsp3) is 0.278. The van der Waals surface area contributed by atoms with E-state index in [9.17, 15) is 12.8 Å². The van der Waals surface area contributed by atoms with Gasteiger partial charge in [0, 0.05) is 37.3 Å². The van der Waals surface area contributed by atoms with Crippen molar-refractivity contribution in [3.05, 3.63) is 48.3 Å². The maximum atomic E-state index is 13.1. The van der Waals surface area contributed by atoms with E-state index in [1.165, 1.54) is 12.1 Å². The predicted molar refractivity (Wildman–Crippen MR) is 105 cm³/mol. The summed E-state index contributed by atoms with van der Waals surface area (Å²) in [6.07, 6.45) is 0. The van der Waals surface area contributed by atoms with Gasteiger partial charge in [-0.25, -0.2) is 12.8 Å². The van der Waals surface area contributed by atoms with E-state index >= 15 is 0 Å². The van der Waals surface area contributed by atoms with Gasteiger partial charge in [-0.15, -0.1) is 12.4 Å². The van der Waals surface area contributed by atoms with Crippen molar-refractivity contribution < 1.29 is 12.8 Å². The summed E-state index contributed by atoms with van der Waals surface area (Å²) in [7, 11) is -1.72. The van der Waals surface area contributed by atoms with Crippen molar-refractivity contribution in [3.8, 4) is 0 Å². The molecule has 0 aliphatic carbocycles. The number of fused-ring (bicyclic) bond motifs is 1. The normalized spacial score (nSPS) is 15.7. The molecule has 9 heteroatoms. The summed E-state index contributed by atoms with van der Waals surface area (Å²) in [5.41, 5.74) is 1.56. The van der Waals surface area contributed by atoms with Gasteiger partial charge in [0.1, 0.15) is 5.82 Å². The van der Waals surface area contributed by atoms with Gasteiger partial charge in [0.15, 0.2) is 5.03 Å². The molecule has 6 nitrogen and oxygen atoms in total. The Labute approximate surface area is 163 Å². The molecule has 0 amide bonds. The molecular formula is C18H20ClFN4O2S. The smallest absolute Gasteiger partial charge is 0.223 e. The molecule has 2 aromatic carbocycles. The van der Waals surface area contributed by atoms with E-state index in [1.54, 1.807) is 0 Å². The molecule has 0 unspecified atom stereocenters. The van der Waals surface area contributed by atoms with Crippen LogP contribution in [0.5, 0.6) is 0 Å². The molecule has 1 saturated heterocycles. The molecule has 0 bridgehead atoms. The number of aromatic amines is 1. The fourth-order valence-corrected chi connectivity index (χ4v) is 4.52. The van der Waals surface area contributed by atoms with Gasteiger partial charge in [-0.05, 0) is 49.5 Å². The van der Waals surface area contributed by atoms with Crippen molar-refractivity contribution >= 4 is 38.8 Å². The third kappa shape index (κ3) is 3.65. The first-order valence-electron chi connectivity index (χ1n) is 8.37. The van der Waals surface area contributed by atoms with Crippen molar-refractivity contribution in [1.82, 2.24) is 15.1 Å². The quantitative estimate of drug-likeness (QED) is 0.672. The summed E-state index contributed by atoms with van der Waals surface area (Å²) in [4.78, 5) is 4.53. The van der Waals surface area contributed by atoms with Gasteiger partial charge in [0.05, 0.1) is 10.4 Å². The van der Waals surface area contributed by atoms with E-state index in [2.05, 4.69) is 27.0 Å². The fourth-order valence-electron chi connectivity index (χ4n) is 3.17. The van der Waals surface area contributed by atoms with Crippen LogP contribution in [0.25, 0.3) is 10.9 Å². The van der Waals surface area contributed by atoms with Crippen LogP contribution in [0.4, 0.5) is 10.1 Å². The first-order chi connectivity index (χ1) is 12.4. The zero-order chi connectivity index (χ0) is 18.3. The average molecular weight is 411 g/mol. The van der Waals surface area contributed by atoms with Gasteiger partial charge >= 0.3 is 0 Å². The van der Waals surface area contributed by atoms with Crippen molar-refractivity contribution in [1.29, 1.82) is 0 Å². The van der Waals surface area contributed by atoms with Crippen molar-refractivity contribution in [2.45, 2.75) is 9.92 Å². The van der Waals surface area contributed by atoms with Crippen LogP contribution in [0.3, 0.4) is 0 Å². The van der Waals surface area contributed by atoms with Crippen LogP contribution in [-0.4, -0.2) is 56.7 Å². The second-order valence-electron chi connectivity index (χ2n) is 6.50. The van der Waals surface area contributed by atoms with E-state index < -0.39 is 15.7 Å². The molecule has 27 heavy (non-hydrogen) atoms. The highest BCUT2D eigenvalue weighted by Gasteiger charge is 2.24. The number of anilines is 1. The third-order valence-electron chi connectivity index (χ3n) is 4.76. The predicted octanol–water partition coefficient (Wildman–Crippen LogP) is 2.71. The Morgan fingerprint density at radius 1 is 1.04 bits per heavy atom. The van der Waals surface area contributed by atoms with Crippen LogP contribution in [0, 0.1) is 5.82 Å². The van der Waals surface area contributed by atoms with Crippen molar-refractivity contribution in [2.75, 3.05) is 38.1 Å². The number of benzene rings is 2. The van der Waals surface area contributed by atoms with Gasteiger partial charge in [0.2, 0.25) is 9.84 Å². The average Bonchev–Trinajstić information content (AvgIpc) is 3.06.